The summed E-state index contributed by atoms with van der Waals surface area (Å²) >= 11 is 1.75. The lowest BCUT2D eigenvalue weighted by molar-refractivity contribution is 0.518. The highest BCUT2D eigenvalue weighted by Gasteiger charge is 2.37. The van der Waals surface area contributed by atoms with Crippen LogP contribution >= 0.6 is 11.8 Å². The molecule has 0 fully saturated rings. The number of fused-ring (bicyclic) bond motifs is 3. The largest absolute Gasteiger partial charge is 0.456 e. The van der Waals surface area contributed by atoms with Crippen molar-refractivity contribution >= 4 is 41.1 Å². The highest BCUT2D eigenvalue weighted by Crippen LogP contribution is 2.52. The van der Waals surface area contributed by atoms with Gasteiger partial charge in [0.2, 0.25) is 0 Å². The van der Waals surface area contributed by atoms with Crippen LogP contribution in [0.5, 0.6) is 0 Å². The van der Waals surface area contributed by atoms with Crippen LogP contribution in [0.15, 0.2) is 136 Å². The molecule has 2 aliphatic rings. The smallest absolute Gasteiger partial charge is 0.142 e. The van der Waals surface area contributed by atoms with Gasteiger partial charge in [-0.1, -0.05) is 119 Å². The number of thioether (sulfide) groups is 1. The Kier molecular flexibility index (Phi) is 10.2. The molecular weight excluding hydrogens is 555 g/mol. The summed E-state index contributed by atoms with van der Waals surface area (Å²) in [6.07, 6.45) is 26.3. The first kappa shape index (κ1) is 32.4. The van der Waals surface area contributed by atoms with E-state index in [1.54, 1.807) is 11.8 Å². The van der Waals surface area contributed by atoms with Crippen molar-refractivity contribution in [2.45, 2.75) is 51.9 Å². The molecule has 2 aromatic rings. The fraction of sp³-hybridized carbons (Fsp3) is 0.171. The zero-order valence-electron chi connectivity index (χ0n) is 26.9. The number of hydrogen-bond donors (Lipinski definition) is 1. The maximum Gasteiger partial charge on any atom is 0.142 e. The van der Waals surface area contributed by atoms with Gasteiger partial charge in [-0.15, -0.1) is 0 Å². The van der Waals surface area contributed by atoms with E-state index in [1.165, 1.54) is 27.2 Å². The molecule has 0 unspecified atom stereocenters. The average Bonchev–Trinajstić information content (AvgIpc) is 3.39. The second-order valence-corrected chi connectivity index (χ2v) is 12.2. The second kappa shape index (κ2) is 13.9. The Labute approximate surface area is 267 Å². The van der Waals surface area contributed by atoms with Gasteiger partial charge in [-0.2, -0.15) is 0 Å². The van der Waals surface area contributed by atoms with E-state index in [0.29, 0.717) is 0 Å². The van der Waals surface area contributed by atoms with Crippen molar-refractivity contribution in [2.75, 3.05) is 0 Å². The minimum atomic E-state index is -0.162. The number of allylic oxidation sites excluding steroid dienone is 16. The quantitative estimate of drug-likeness (QED) is 0.291. The molecule has 3 heteroatoms. The van der Waals surface area contributed by atoms with Crippen LogP contribution in [0, 0.1) is 6.92 Å². The van der Waals surface area contributed by atoms with Crippen molar-refractivity contribution < 1.29 is 4.42 Å². The van der Waals surface area contributed by atoms with Gasteiger partial charge in [0.25, 0.3) is 0 Å². The molecule has 2 nitrogen and oxygen atoms in total. The molecule has 0 amide bonds. The molecule has 1 aliphatic heterocycles. The summed E-state index contributed by atoms with van der Waals surface area (Å²) in [4.78, 5) is 1.23. The molecule has 4 rings (SSSR count). The van der Waals surface area contributed by atoms with Gasteiger partial charge in [-0.3, -0.25) is 0 Å². The molecule has 0 saturated carbocycles. The van der Waals surface area contributed by atoms with E-state index >= 15 is 0 Å². The van der Waals surface area contributed by atoms with Gasteiger partial charge < -0.3 is 9.73 Å². The Morgan fingerprint density at radius 2 is 1.80 bits per heavy atom. The lowest BCUT2D eigenvalue weighted by atomic mass is 9.81. The van der Waals surface area contributed by atoms with Gasteiger partial charge in [0.15, 0.2) is 0 Å². The molecule has 1 aromatic heterocycles. The van der Waals surface area contributed by atoms with Crippen molar-refractivity contribution in [3.05, 3.63) is 166 Å². The SMILES string of the molecule is C=CC1=C(/C=C\N/C(C)=C/C=C(C=C)/C(/C=C\C)=c2\oc(/C=C\C)c(C)c2=C)c2c(ccc3c2S/C=C\C=C/C3=C)C1(C)C. The molecule has 0 bridgehead atoms. The fourth-order valence-electron chi connectivity index (χ4n) is 5.67. The molecule has 0 radical (unpaired) electrons. The van der Waals surface area contributed by atoms with Gasteiger partial charge in [0.1, 0.15) is 11.2 Å². The summed E-state index contributed by atoms with van der Waals surface area (Å²) in [5, 5.41) is 6.49. The van der Waals surface area contributed by atoms with E-state index in [9.17, 15) is 0 Å². The first-order valence-corrected chi connectivity index (χ1v) is 15.7. The number of hydrogen-bond acceptors (Lipinski definition) is 3. The molecule has 0 saturated heterocycles. The van der Waals surface area contributed by atoms with Crippen molar-refractivity contribution in [3.63, 3.8) is 0 Å². The summed E-state index contributed by atoms with van der Waals surface area (Å²) in [7, 11) is 0. The second-order valence-electron chi connectivity index (χ2n) is 11.3. The standard InChI is InChI=1S/C41H43NOS/c1-11-17-33(39-30(8)29(7)37(43-39)18-12-2)31(13-3)21-20-28(6)42-25-24-34-35(14-4)41(9,10)36-23-22-32-27(5)19-15-16-26-44-40(32)38(34)36/h11-26,42H,3-5,8H2,1-2,6-7,9-10H3/b17-11-,18-12-,19-15-,25-24-,26-16-,28-20+,31-21+,39-33-. The Morgan fingerprint density at radius 1 is 1.02 bits per heavy atom. The number of rotatable bonds is 9. The van der Waals surface area contributed by atoms with E-state index in [1.807, 2.05) is 76.4 Å². The molecule has 2 heterocycles. The summed E-state index contributed by atoms with van der Waals surface area (Å²) in [5.74, 6) is 0.823. The Balaban J connectivity index is 1.72. The highest BCUT2D eigenvalue weighted by atomic mass is 32.2. The van der Waals surface area contributed by atoms with E-state index in [4.69, 9.17) is 4.42 Å². The zero-order valence-corrected chi connectivity index (χ0v) is 27.7. The number of nitrogens with one attached hydrogen (secondary N) is 1. The van der Waals surface area contributed by atoms with Gasteiger partial charge in [0.05, 0.1) is 0 Å². The normalized spacial score (nSPS) is 18.8. The van der Waals surface area contributed by atoms with E-state index in [-0.39, 0.29) is 5.41 Å². The van der Waals surface area contributed by atoms with E-state index in [2.05, 4.69) is 93.4 Å². The minimum absolute atomic E-state index is 0.162. The lowest BCUT2D eigenvalue weighted by Crippen LogP contribution is -2.23. The van der Waals surface area contributed by atoms with Crippen LogP contribution in [-0.2, 0) is 5.41 Å². The monoisotopic (exact) mass is 597 g/mol. The Hall–Kier alpha value is -4.47. The van der Waals surface area contributed by atoms with Crippen LogP contribution in [0.2, 0.25) is 0 Å². The molecular formula is C41H43NOS. The van der Waals surface area contributed by atoms with Crippen LogP contribution < -0.4 is 16.0 Å². The van der Waals surface area contributed by atoms with Crippen molar-refractivity contribution in [1.82, 2.24) is 5.32 Å². The Morgan fingerprint density at radius 3 is 2.48 bits per heavy atom. The Bertz CT molecular complexity index is 1870. The third-order valence-corrected chi connectivity index (χ3v) is 9.05. The van der Waals surface area contributed by atoms with Gasteiger partial charge in [-0.05, 0) is 84.8 Å². The lowest BCUT2D eigenvalue weighted by Gasteiger charge is -2.24. The topological polar surface area (TPSA) is 25.2 Å². The predicted octanol–water partition coefficient (Wildman–Crippen LogP) is 10.00. The number of furan rings is 1. The molecule has 1 aliphatic carbocycles. The minimum Gasteiger partial charge on any atom is -0.456 e. The van der Waals surface area contributed by atoms with Crippen LogP contribution in [0.4, 0.5) is 0 Å². The molecule has 44 heavy (non-hydrogen) atoms. The van der Waals surface area contributed by atoms with Crippen LogP contribution in [-0.4, -0.2) is 0 Å². The summed E-state index contributed by atoms with van der Waals surface area (Å²) in [6.45, 7) is 29.5. The molecule has 1 N–H and O–H groups in total. The van der Waals surface area contributed by atoms with Crippen LogP contribution in [0.1, 0.15) is 62.6 Å². The molecule has 0 atom stereocenters. The predicted molar refractivity (Wildman–Crippen MR) is 195 cm³/mol. The third-order valence-electron chi connectivity index (χ3n) is 8.10. The van der Waals surface area contributed by atoms with Crippen LogP contribution in [0.3, 0.4) is 0 Å². The van der Waals surface area contributed by atoms with Crippen molar-refractivity contribution in [3.8, 4) is 0 Å². The third kappa shape index (κ3) is 6.25. The van der Waals surface area contributed by atoms with E-state index < -0.39 is 0 Å². The summed E-state index contributed by atoms with van der Waals surface area (Å²) < 4.78 is 6.24. The molecule has 0 spiro atoms. The zero-order chi connectivity index (χ0) is 32.0. The fourth-order valence-corrected chi connectivity index (χ4v) is 6.64. The van der Waals surface area contributed by atoms with Crippen molar-refractivity contribution in [1.29, 1.82) is 0 Å². The first-order chi connectivity index (χ1) is 21.1. The van der Waals surface area contributed by atoms with Crippen LogP contribution in [0.25, 0.3) is 29.4 Å². The van der Waals surface area contributed by atoms with E-state index in [0.717, 1.165) is 49.9 Å². The first-order valence-electron chi connectivity index (χ1n) is 14.9. The maximum atomic E-state index is 6.24. The number of benzene rings is 1. The maximum absolute atomic E-state index is 6.24. The van der Waals surface area contributed by atoms with Gasteiger partial charge in [0, 0.05) is 44.1 Å². The average molecular weight is 598 g/mol. The summed E-state index contributed by atoms with van der Waals surface area (Å²) in [6, 6.07) is 4.46. The van der Waals surface area contributed by atoms with Crippen molar-refractivity contribution in [2.24, 2.45) is 0 Å². The van der Waals surface area contributed by atoms with Gasteiger partial charge in [-0.25, -0.2) is 0 Å². The summed E-state index contributed by atoms with van der Waals surface area (Å²) in [5.41, 5.74) is 11.6. The molecule has 224 valence electrons. The molecule has 1 aromatic carbocycles. The van der Waals surface area contributed by atoms with Gasteiger partial charge >= 0.3 is 0 Å². The highest BCUT2D eigenvalue weighted by molar-refractivity contribution is 8.02.